The molecule has 1 aromatic carbocycles. The Morgan fingerprint density at radius 2 is 2.12 bits per heavy atom. The number of hydrogen-bond acceptors (Lipinski definition) is 3. The summed E-state index contributed by atoms with van der Waals surface area (Å²) in [5.74, 6) is -0.570. The van der Waals surface area contributed by atoms with Gasteiger partial charge in [-0.1, -0.05) is 6.07 Å². The number of aliphatic hydroxyl groups is 1. The molecule has 0 amide bonds. The van der Waals surface area contributed by atoms with E-state index in [1.807, 2.05) is 0 Å². The Labute approximate surface area is 94.2 Å². The van der Waals surface area contributed by atoms with Crippen LogP contribution in [0.3, 0.4) is 0 Å². The fraction of sp³-hybridized carbons (Fsp3) is 0.400. The molecule has 2 N–H and O–H groups in total. The van der Waals surface area contributed by atoms with Crippen molar-refractivity contribution in [1.82, 2.24) is 4.72 Å². The van der Waals surface area contributed by atoms with Gasteiger partial charge in [-0.25, -0.2) is 17.5 Å². The summed E-state index contributed by atoms with van der Waals surface area (Å²) in [6.45, 7) is 2.76. The molecule has 0 saturated carbocycles. The van der Waals surface area contributed by atoms with Crippen LogP contribution in [-0.4, -0.2) is 26.2 Å². The Kier molecular flexibility index (Phi) is 4.01. The van der Waals surface area contributed by atoms with E-state index in [-0.39, 0.29) is 17.0 Å². The minimum atomic E-state index is -3.76. The number of aliphatic hydroxyl groups excluding tert-OH is 1. The predicted octanol–water partition coefficient (Wildman–Crippen LogP) is 0.793. The maximum atomic E-state index is 13.2. The Morgan fingerprint density at radius 3 is 2.69 bits per heavy atom. The molecule has 1 unspecified atom stereocenters. The van der Waals surface area contributed by atoms with E-state index in [0.29, 0.717) is 0 Å². The van der Waals surface area contributed by atoms with Crippen molar-refractivity contribution >= 4 is 10.0 Å². The van der Waals surface area contributed by atoms with Crippen LogP contribution in [0.25, 0.3) is 0 Å². The summed E-state index contributed by atoms with van der Waals surface area (Å²) >= 11 is 0. The van der Waals surface area contributed by atoms with Gasteiger partial charge in [0.05, 0.1) is 11.0 Å². The Bertz CT molecular complexity index is 471. The molecule has 0 aliphatic rings. The van der Waals surface area contributed by atoms with E-state index >= 15 is 0 Å². The number of sulfonamides is 1. The third-order valence-corrected chi connectivity index (χ3v) is 3.64. The highest BCUT2D eigenvalue weighted by atomic mass is 32.2. The average Bonchev–Trinajstić information content (AvgIpc) is 2.19. The molecule has 0 spiro atoms. The van der Waals surface area contributed by atoms with Crippen LogP contribution in [0.4, 0.5) is 4.39 Å². The second kappa shape index (κ2) is 4.90. The quantitative estimate of drug-likeness (QED) is 0.826. The molecule has 0 heterocycles. The number of benzene rings is 1. The van der Waals surface area contributed by atoms with Crippen molar-refractivity contribution in [2.45, 2.75) is 24.8 Å². The lowest BCUT2D eigenvalue weighted by Crippen LogP contribution is -2.31. The summed E-state index contributed by atoms with van der Waals surface area (Å²) in [7, 11) is -3.76. The minimum absolute atomic E-state index is 0.0700. The van der Waals surface area contributed by atoms with E-state index in [0.717, 1.165) is 0 Å². The molecule has 16 heavy (non-hydrogen) atoms. The van der Waals surface area contributed by atoms with Crippen molar-refractivity contribution in [3.8, 4) is 0 Å². The molecular formula is C10H14FNO3S. The molecule has 0 aliphatic carbocycles. The fourth-order valence-corrected chi connectivity index (χ4v) is 2.56. The highest BCUT2D eigenvalue weighted by Gasteiger charge is 2.18. The number of rotatable bonds is 4. The third-order valence-electron chi connectivity index (χ3n) is 2.08. The Morgan fingerprint density at radius 1 is 1.50 bits per heavy atom. The van der Waals surface area contributed by atoms with E-state index in [4.69, 9.17) is 5.11 Å². The van der Waals surface area contributed by atoms with Gasteiger partial charge in [0, 0.05) is 12.1 Å². The summed E-state index contributed by atoms with van der Waals surface area (Å²) in [5, 5.41) is 8.99. The zero-order valence-corrected chi connectivity index (χ0v) is 9.88. The molecule has 0 saturated heterocycles. The first-order valence-electron chi connectivity index (χ1n) is 4.77. The monoisotopic (exact) mass is 247 g/mol. The van der Waals surface area contributed by atoms with Crippen LogP contribution in [0, 0.1) is 12.7 Å². The van der Waals surface area contributed by atoms with Gasteiger partial charge in [0.25, 0.3) is 0 Å². The first kappa shape index (κ1) is 13.1. The van der Waals surface area contributed by atoms with Gasteiger partial charge in [-0.3, -0.25) is 0 Å². The standard InChI is InChI=1S/C10H14FNO3S/c1-7(13)6-12-16(14,15)10-5-3-4-9(11)8(10)2/h3-5,7,12-13H,6H2,1-2H3. The lowest BCUT2D eigenvalue weighted by molar-refractivity contribution is 0.198. The maximum Gasteiger partial charge on any atom is 0.241 e. The molecule has 1 atom stereocenters. The first-order chi connectivity index (χ1) is 7.34. The molecule has 90 valence electrons. The van der Waals surface area contributed by atoms with Crippen LogP contribution in [0.1, 0.15) is 12.5 Å². The maximum absolute atomic E-state index is 13.2. The minimum Gasteiger partial charge on any atom is -0.392 e. The lowest BCUT2D eigenvalue weighted by atomic mass is 10.2. The van der Waals surface area contributed by atoms with Gasteiger partial charge in [0.15, 0.2) is 0 Å². The average molecular weight is 247 g/mol. The number of nitrogens with one attached hydrogen (secondary N) is 1. The van der Waals surface area contributed by atoms with Gasteiger partial charge in [0.2, 0.25) is 10.0 Å². The molecule has 6 heteroatoms. The van der Waals surface area contributed by atoms with Crippen molar-refractivity contribution in [1.29, 1.82) is 0 Å². The van der Waals surface area contributed by atoms with Crippen molar-refractivity contribution in [2.75, 3.05) is 6.54 Å². The molecular weight excluding hydrogens is 233 g/mol. The van der Waals surface area contributed by atoms with E-state index in [1.54, 1.807) is 0 Å². The van der Waals surface area contributed by atoms with E-state index in [1.165, 1.54) is 32.0 Å². The third kappa shape index (κ3) is 3.01. The van der Waals surface area contributed by atoms with Crippen LogP contribution in [0.5, 0.6) is 0 Å². The van der Waals surface area contributed by atoms with E-state index < -0.39 is 21.9 Å². The summed E-state index contributed by atoms with van der Waals surface area (Å²) in [6.07, 6.45) is -0.788. The Hall–Kier alpha value is -0.980. The molecule has 4 nitrogen and oxygen atoms in total. The van der Waals surface area contributed by atoms with Crippen LogP contribution in [-0.2, 0) is 10.0 Å². The molecule has 0 aliphatic heterocycles. The smallest absolute Gasteiger partial charge is 0.241 e. The van der Waals surface area contributed by atoms with Crippen LogP contribution in [0.15, 0.2) is 23.1 Å². The summed E-state index contributed by atoms with van der Waals surface area (Å²) in [4.78, 5) is -0.104. The second-order valence-electron chi connectivity index (χ2n) is 3.56. The molecule has 1 rings (SSSR count). The zero-order valence-electron chi connectivity index (χ0n) is 9.07. The SMILES string of the molecule is Cc1c(F)cccc1S(=O)(=O)NCC(C)O. The van der Waals surface area contributed by atoms with E-state index in [2.05, 4.69) is 4.72 Å². The molecule has 0 bridgehead atoms. The van der Waals surface area contributed by atoms with Gasteiger partial charge in [-0.05, 0) is 26.0 Å². The van der Waals surface area contributed by atoms with E-state index in [9.17, 15) is 12.8 Å². The van der Waals surface area contributed by atoms with Gasteiger partial charge < -0.3 is 5.11 Å². The lowest BCUT2D eigenvalue weighted by Gasteiger charge is -2.10. The summed E-state index contributed by atoms with van der Waals surface area (Å²) < 4.78 is 38.8. The zero-order chi connectivity index (χ0) is 12.3. The largest absolute Gasteiger partial charge is 0.392 e. The summed E-state index contributed by atoms with van der Waals surface area (Å²) in [5.41, 5.74) is 0.0700. The molecule has 1 aromatic rings. The van der Waals surface area contributed by atoms with Crippen molar-refractivity contribution in [2.24, 2.45) is 0 Å². The second-order valence-corrected chi connectivity index (χ2v) is 5.30. The van der Waals surface area contributed by atoms with Gasteiger partial charge >= 0.3 is 0 Å². The van der Waals surface area contributed by atoms with Crippen molar-refractivity contribution in [3.05, 3.63) is 29.6 Å². The van der Waals surface area contributed by atoms with Gasteiger partial charge in [0.1, 0.15) is 5.82 Å². The van der Waals surface area contributed by atoms with Crippen LogP contribution < -0.4 is 4.72 Å². The molecule has 0 aromatic heterocycles. The first-order valence-corrected chi connectivity index (χ1v) is 6.26. The van der Waals surface area contributed by atoms with Crippen molar-refractivity contribution < 1.29 is 17.9 Å². The molecule has 0 fully saturated rings. The summed E-state index contributed by atoms with van der Waals surface area (Å²) in [6, 6.07) is 3.85. The van der Waals surface area contributed by atoms with Gasteiger partial charge in [-0.15, -0.1) is 0 Å². The highest BCUT2D eigenvalue weighted by Crippen LogP contribution is 2.17. The topological polar surface area (TPSA) is 66.4 Å². The molecule has 0 radical (unpaired) electrons. The predicted molar refractivity (Wildman–Crippen MR) is 58.0 cm³/mol. The van der Waals surface area contributed by atoms with Crippen molar-refractivity contribution in [3.63, 3.8) is 0 Å². The Balaban J connectivity index is 3.03. The number of hydrogen-bond donors (Lipinski definition) is 2. The fourth-order valence-electron chi connectivity index (χ4n) is 1.19. The van der Waals surface area contributed by atoms with Crippen LogP contribution >= 0.6 is 0 Å². The normalized spacial score (nSPS) is 13.8. The highest BCUT2D eigenvalue weighted by molar-refractivity contribution is 7.89. The van der Waals surface area contributed by atoms with Crippen LogP contribution in [0.2, 0.25) is 0 Å². The number of halogens is 1. The van der Waals surface area contributed by atoms with Gasteiger partial charge in [-0.2, -0.15) is 0 Å².